The largest absolute Gasteiger partial charge is 0.382 e. The molecule has 0 saturated heterocycles. The number of hydrogen-bond acceptors (Lipinski definition) is 3. The summed E-state index contributed by atoms with van der Waals surface area (Å²) < 4.78 is 0.821. The zero-order chi connectivity index (χ0) is 7.56. The summed E-state index contributed by atoms with van der Waals surface area (Å²) in [7, 11) is 0. The van der Waals surface area contributed by atoms with Crippen LogP contribution in [0.15, 0.2) is 12.8 Å². The molecular weight excluding hydrogens is 241 g/mol. The fraction of sp³-hybridized carbons (Fsp3) is 0. The monoisotopic (exact) mass is 247 g/mol. The van der Waals surface area contributed by atoms with Crippen molar-refractivity contribution in [2.75, 3.05) is 5.73 Å². The molecule has 0 amide bonds. The van der Waals surface area contributed by atoms with Crippen LogP contribution in [0.5, 0.6) is 0 Å². The number of nitrogens with zero attached hydrogens (tertiary/aromatic N) is 2. The zero-order valence-corrected chi connectivity index (χ0v) is 7.37. The molecule has 2 N–H and O–H groups in total. The molecule has 1 heterocycles. The highest BCUT2D eigenvalue weighted by Gasteiger charge is 1.96. The van der Waals surface area contributed by atoms with Gasteiger partial charge >= 0.3 is 0 Å². The van der Waals surface area contributed by atoms with Crippen LogP contribution in [-0.4, -0.2) is 9.97 Å². The van der Waals surface area contributed by atoms with Crippen LogP contribution in [-0.2, 0) is 0 Å². The second-order valence-corrected chi connectivity index (χ2v) is 2.77. The lowest BCUT2D eigenvalue weighted by atomic mass is 10.4. The topological polar surface area (TPSA) is 51.8 Å². The van der Waals surface area contributed by atoms with E-state index >= 15 is 0 Å². The van der Waals surface area contributed by atoms with Crippen LogP contribution in [0.4, 0.5) is 5.82 Å². The minimum absolute atomic E-state index is 0.426. The average Bonchev–Trinajstić information content (AvgIpc) is 1.94. The first-order chi connectivity index (χ1) is 4.74. The Kier molecular flexibility index (Phi) is 2.21. The Hall–Kier alpha value is -0.650. The van der Waals surface area contributed by atoms with E-state index in [0.717, 1.165) is 3.70 Å². The highest BCUT2D eigenvalue weighted by molar-refractivity contribution is 14.1. The molecule has 1 aromatic heterocycles. The summed E-state index contributed by atoms with van der Waals surface area (Å²) in [5.74, 6) is 0.426. The zero-order valence-electron chi connectivity index (χ0n) is 5.21. The number of anilines is 1. The lowest BCUT2D eigenvalue weighted by molar-refractivity contribution is 1.15. The Balaban J connectivity index is 3.21. The van der Waals surface area contributed by atoms with E-state index in [9.17, 15) is 0 Å². The molecule has 0 saturated carbocycles. The summed E-state index contributed by atoms with van der Waals surface area (Å²) in [6, 6.07) is 0. The van der Waals surface area contributed by atoms with Gasteiger partial charge in [0.25, 0.3) is 0 Å². The van der Waals surface area contributed by atoms with Gasteiger partial charge in [-0.3, -0.25) is 0 Å². The van der Waals surface area contributed by atoms with E-state index in [0.29, 0.717) is 11.5 Å². The van der Waals surface area contributed by atoms with E-state index in [1.54, 1.807) is 12.3 Å². The standard InChI is InChI=1S/C6H6IN3/c1-2-4-6(8)9-3-5(7)10-4/h2-3H,1H2,(H2,8,9). The predicted octanol–water partition coefficient (Wildman–Crippen LogP) is 1.31. The lowest BCUT2D eigenvalue weighted by Crippen LogP contribution is -1.97. The predicted molar refractivity (Wildman–Crippen MR) is 49.3 cm³/mol. The number of hydrogen-bond donors (Lipinski definition) is 1. The number of nitrogens with two attached hydrogens (primary N) is 1. The maximum atomic E-state index is 5.45. The van der Waals surface area contributed by atoms with Crippen LogP contribution in [0.1, 0.15) is 5.69 Å². The van der Waals surface area contributed by atoms with Crippen LogP contribution in [0.2, 0.25) is 0 Å². The lowest BCUT2D eigenvalue weighted by Gasteiger charge is -1.96. The second-order valence-electron chi connectivity index (χ2n) is 1.67. The molecule has 0 aromatic carbocycles. The van der Waals surface area contributed by atoms with E-state index in [1.165, 1.54) is 0 Å². The summed E-state index contributed by atoms with van der Waals surface area (Å²) in [4.78, 5) is 7.96. The van der Waals surface area contributed by atoms with Gasteiger partial charge in [0.1, 0.15) is 15.2 Å². The van der Waals surface area contributed by atoms with Crippen LogP contribution < -0.4 is 5.73 Å². The van der Waals surface area contributed by atoms with Crippen molar-refractivity contribution in [3.05, 3.63) is 22.2 Å². The third-order valence-electron chi connectivity index (χ3n) is 0.993. The van der Waals surface area contributed by atoms with Crippen molar-refractivity contribution in [2.24, 2.45) is 0 Å². The molecular formula is C6H6IN3. The van der Waals surface area contributed by atoms with Gasteiger partial charge in [0.15, 0.2) is 0 Å². The van der Waals surface area contributed by atoms with Crippen molar-refractivity contribution < 1.29 is 0 Å². The molecule has 0 fully saturated rings. The van der Waals surface area contributed by atoms with Gasteiger partial charge in [-0.2, -0.15) is 0 Å². The van der Waals surface area contributed by atoms with Crippen molar-refractivity contribution in [3.8, 4) is 0 Å². The summed E-state index contributed by atoms with van der Waals surface area (Å²) in [6.07, 6.45) is 3.20. The molecule has 0 aliphatic carbocycles. The normalized spacial score (nSPS) is 9.30. The Bertz CT molecular complexity index is 259. The molecule has 0 aliphatic heterocycles. The Morgan fingerprint density at radius 2 is 2.40 bits per heavy atom. The van der Waals surface area contributed by atoms with Crippen molar-refractivity contribution in [2.45, 2.75) is 0 Å². The first-order valence-electron chi connectivity index (χ1n) is 2.64. The number of halogens is 1. The molecule has 0 unspecified atom stereocenters. The third kappa shape index (κ3) is 1.44. The molecule has 1 aromatic rings. The Labute approximate surface area is 72.5 Å². The summed E-state index contributed by atoms with van der Waals surface area (Å²) in [5, 5.41) is 0. The van der Waals surface area contributed by atoms with Crippen molar-refractivity contribution >= 4 is 34.5 Å². The smallest absolute Gasteiger partial charge is 0.149 e. The average molecular weight is 247 g/mol. The van der Waals surface area contributed by atoms with Gasteiger partial charge in [-0.25, -0.2) is 9.97 Å². The highest BCUT2D eigenvalue weighted by atomic mass is 127. The molecule has 1 rings (SSSR count). The van der Waals surface area contributed by atoms with Crippen LogP contribution in [0.25, 0.3) is 6.08 Å². The summed E-state index contributed by atoms with van der Waals surface area (Å²) in [6.45, 7) is 3.55. The Morgan fingerprint density at radius 3 is 2.90 bits per heavy atom. The van der Waals surface area contributed by atoms with E-state index in [4.69, 9.17) is 5.73 Å². The molecule has 0 spiro atoms. The minimum Gasteiger partial charge on any atom is -0.382 e. The maximum absolute atomic E-state index is 5.45. The van der Waals surface area contributed by atoms with Crippen LogP contribution >= 0.6 is 22.6 Å². The number of rotatable bonds is 1. The van der Waals surface area contributed by atoms with Gasteiger partial charge in [-0.05, 0) is 28.7 Å². The van der Waals surface area contributed by atoms with Crippen LogP contribution in [0.3, 0.4) is 0 Å². The van der Waals surface area contributed by atoms with Gasteiger partial charge in [-0.1, -0.05) is 6.58 Å². The van der Waals surface area contributed by atoms with E-state index in [1.807, 2.05) is 0 Å². The van der Waals surface area contributed by atoms with Gasteiger partial charge in [0, 0.05) is 0 Å². The van der Waals surface area contributed by atoms with Crippen molar-refractivity contribution in [1.29, 1.82) is 0 Å². The first kappa shape index (κ1) is 7.46. The fourth-order valence-corrected chi connectivity index (χ4v) is 0.940. The Morgan fingerprint density at radius 1 is 1.70 bits per heavy atom. The molecule has 0 atom stereocenters. The molecule has 0 bridgehead atoms. The van der Waals surface area contributed by atoms with Gasteiger partial charge in [-0.15, -0.1) is 0 Å². The number of aromatic nitrogens is 2. The maximum Gasteiger partial charge on any atom is 0.149 e. The van der Waals surface area contributed by atoms with Gasteiger partial charge < -0.3 is 5.73 Å². The van der Waals surface area contributed by atoms with Crippen molar-refractivity contribution in [1.82, 2.24) is 9.97 Å². The SMILES string of the molecule is C=Cc1nc(I)cnc1N. The highest BCUT2D eigenvalue weighted by Crippen LogP contribution is 2.07. The van der Waals surface area contributed by atoms with Gasteiger partial charge in [0.05, 0.1) is 6.20 Å². The van der Waals surface area contributed by atoms with E-state index in [2.05, 4.69) is 39.1 Å². The number of nitrogen functional groups attached to an aromatic ring is 1. The molecule has 0 aliphatic rings. The van der Waals surface area contributed by atoms with E-state index < -0.39 is 0 Å². The quantitative estimate of drug-likeness (QED) is 0.761. The first-order valence-corrected chi connectivity index (χ1v) is 3.72. The molecule has 0 radical (unpaired) electrons. The molecule has 3 nitrogen and oxygen atoms in total. The second kappa shape index (κ2) is 2.96. The molecule has 52 valence electrons. The fourth-order valence-electron chi connectivity index (χ4n) is 0.540. The van der Waals surface area contributed by atoms with Crippen molar-refractivity contribution in [3.63, 3.8) is 0 Å². The minimum atomic E-state index is 0.426. The molecule has 10 heavy (non-hydrogen) atoms. The van der Waals surface area contributed by atoms with Crippen LogP contribution in [0, 0.1) is 3.70 Å². The molecule has 4 heteroatoms. The summed E-state index contributed by atoms with van der Waals surface area (Å²) >= 11 is 2.07. The van der Waals surface area contributed by atoms with E-state index in [-0.39, 0.29) is 0 Å². The third-order valence-corrected chi connectivity index (χ3v) is 1.51. The summed E-state index contributed by atoms with van der Waals surface area (Å²) in [5.41, 5.74) is 6.10. The van der Waals surface area contributed by atoms with Gasteiger partial charge in [0.2, 0.25) is 0 Å².